The summed E-state index contributed by atoms with van der Waals surface area (Å²) in [5.74, 6) is 1.40. The average molecular weight is 352 g/mol. The third-order valence-corrected chi connectivity index (χ3v) is 4.58. The van der Waals surface area contributed by atoms with Crippen LogP contribution >= 0.6 is 0 Å². The molecule has 0 bridgehead atoms. The highest BCUT2D eigenvalue weighted by molar-refractivity contribution is 5.59. The van der Waals surface area contributed by atoms with Crippen LogP contribution in [0.5, 0.6) is 5.75 Å². The molecule has 26 heavy (non-hydrogen) atoms. The largest absolute Gasteiger partial charge is 0.497 e. The predicted molar refractivity (Wildman–Crippen MR) is 96.4 cm³/mol. The van der Waals surface area contributed by atoms with E-state index in [0.29, 0.717) is 18.7 Å². The SMILES string of the molecule is COc1ccc(-c2cc(Cn3cnc4c(c3=O)CCNCC4)on2)cc1. The summed E-state index contributed by atoms with van der Waals surface area (Å²) in [6.45, 7) is 1.98. The van der Waals surface area contributed by atoms with Gasteiger partial charge in [0.15, 0.2) is 5.76 Å². The van der Waals surface area contributed by atoms with Gasteiger partial charge < -0.3 is 14.6 Å². The van der Waals surface area contributed by atoms with Crippen molar-refractivity contribution in [3.8, 4) is 17.0 Å². The van der Waals surface area contributed by atoms with E-state index in [1.807, 2.05) is 30.3 Å². The predicted octanol–water partition coefficient (Wildman–Crippen LogP) is 1.64. The molecule has 0 saturated heterocycles. The fourth-order valence-corrected chi connectivity index (χ4v) is 3.14. The molecule has 3 aromatic rings. The fraction of sp³-hybridized carbons (Fsp3) is 0.316. The lowest BCUT2D eigenvalue weighted by Gasteiger charge is -2.07. The zero-order chi connectivity index (χ0) is 17.9. The summed E-state index contributed by atoms with van der Waals surface area (Å²) in [5.41, 5.74) is 3.35. The molecular formula is C19H20N4O3. The third kappa shape index (κ3) is 3.25. The number of hydrogen-bond acceptors (Lipinski definition) is 6. The van der Waals surface area contributed by atoms with Crippen molar-refractivity contribution in [1.29, 1.82) is 0 Å². The lowest BCUT2D eigenvalue weighted by Crippen LogP contribution is -2.27. The van der Waals surface area contributed by atoms with Crippen LogP contribution in [0.3, 0.4) is 0 Å². The number of methoxy groups -OCH3 is 1. The van der Waals surface area contributed by atoms with Crippen molar-refractivity contribution in [3.05, 3.63) is 64.0 Å². The van der Waals surface area contributed by atoms with Gasteiger partial charge in [0, 0.05) is 30.2 Å². The van der Waals surface area contributed by atoms with E-state index in [-0.39, 0.29) is 5.56 Å². The molecule has 0 atom stereocenters. The van der Waals surface area contributed by atoms with E-state index in [1.54, 1.807) is 18.0 Å². The van der Waals surface area contributed by atoms with Crippen molar-refractivity contribution >= 4 is 0 Å². The monoisotopic (exact) mass is 352 g/mol. The molecular weight excluding hydrogens is 332 g/mol. The van der Waals surface area contributed by atoms with E-state index in [9.17, 15) is 4.79 Å². The van der Waals surface area contributed by atoms with Gasteiger partial charge in [-0.2, -0.15) is 0 Å². The van der Waals surface area contributed by atoms with Crippen LogP contribution in [0.25, 0.3) is 11.3 Å². The Morgan fingerprint density at radius 1 is 1.23 bits per heavy atom. The van der Waals surface area contributed by atoms with Crippen LogP contribution in [0, 0.1) is 0 Å². The van der Waals surface area contributed by atoms with Crippen LogP contribution in [0.1, 0.15) is 17.0 Å². The first kappa shape index (κ1) is 16.5. The Morgan fingerprint density at radius 2 is 2.04 bits per heavy atom. The summed E-state index contributed by atoms with van der Waals surface area (Å²) < 4.78 is 12.2. The summed E-state index contributed by atoms with van der Waals surface area (Å²) in [4.78, 5) is 17.2. The molecule has 1 aromatic carbocycles. The van der Waals surface area contributed by atoms with Crippen molar-refractivity contribution in [1.82, 2.24) is 20.0 Å². The Balaban J connectivity index is 1.57. The molecule has 1 aliphatic rings. The molecule has 2 aromatic heterocycles. The first-order valence-electron chi connectivity index (χ1n) is 8.62. The minimum absolute atomic E-state index is 0.00102. The van der Waals surface area contributed by atoms with Crippen molar-refractivity contribution in [2.75, 3.05) is 20.2 Å². The molecule has 0 amide bonds. The normalized spacial score (nSPS) is 13.9. The molecule has 134 valence electrons. The second-order valence-electron chi connectivity index (χ2n) is 6.26. The fourth-order valence-electron chi connectivity index (χ4n) is 3.14. The van der Waals surface area contributed by atoms with Crippen LogP contribution in [0.2, 0.25) is 0 Å². The number of fused-ring (bicyclic) bond motifs is 1. The molecule has 0 spiro atoms. The smallest absolute Gasteiger partial charge is 0.257 e. The zero-order valence-electron chi connectivity index (χ0n) is 14.6. The van der Waals surface area contributed by atoms with E-state index in [0.717, 1.165) is 47.8 Å². The highest BCUT2D eigenvalue weighted by Gasteiger charge is 2.15. The number of rotatable bonds is 4. The van der Waals surface area contributed by atoms with Crippen molar-refractivity contribution in [2.45, 2.75) is 19.4 Å². The Kier molecular flexibility index (Phi) is 4.53. The third-order valence-electron chi connectivity index (χ3n) is 4.58. The molecule has 4 rings (SSSR count). The first-order chi connectivity index (χ1) is 12.7. The zero-order valence-corrected chi connectivity index (χ0v) is 14.6. The minimum atomic E-state index is 0.00102. The molecule has 3 heterocycles. The van der Waals surface area contributed by atoms with Crippen LogP contribution in [-0.4, -0.2) is 34.9 Å². The summed E-state index contributed by atoms with van der Waals surface area (Å²) in [5, 5.41) is 7.40. The first-order valence-corrected chi connectivity index (χ1v) is 8.62. The Morgan fingerprint density at radius 3 is 2.85 bits per heavy atom. The van der Waals surface area contributed by atoms with E-state index in [4.69, 9.17) is 9.26 Å². The highest BCUT2D eigenvalue weighted by atomic mass is 16.5. The highest BCUT2D eigenvalue weighted by Crippen LogP contribution is 2.22. The molecule has 0 saturated carbocycles. The molecule has 7 nitrogen and oxygen atoms in total. The van der Waals surface area contributed by atoms with Gasteiger partial charge in [-0.05, 0) is 37.2 Å². The number of ether oxygens (including phenoxy) is 1. The Bertz CT molecular complexity index is 960. The van der Waals surface area contributed by atoms with Gasteiger partial charge in [-0.15, -0.1) is 0 Å². The molecule has 1 N–H and O–H groups in total. The Hall–Kier alpha value is -2.93. The van der Waals surface area contributed by atoms with Gasteiger partial charge in [0.05, 0.1) is 25.7 Å². The maximum absolute atomic E-state index is 12.7. The summed E-state index contributed by atoms with van der Waals surface area (Å²) >= 11 is 0. The van der Waals surface area contributed by atoms with E-state index in [2.05, 4.69) is 15.5 Å². The molecule has 0 aliphatic carbocycles. The van der Waals surface area contributed by atoms with Crippen molar-refractivity contribution in [2.24, 2.45) is 0 Å². The second-order valence-corrected chi connectivity index (χ2v) is 6.26. The minimum Gasteiger partial charge on any atom is -0.497 e. The molecule has 7 heteroatoms. The number of nitrogens with zero attached hydrogens (tertiary/aromatic N) is 3. The second kappa shape index (κ2) is 7.13. The number of hydrogen-bond donors (Lipinski definition) is 1. The van der Waals surface area contributed by atoms with Crippen molar-refractivity contribution < 1.29 is 9.26 Å². The molecule has 0 fully saturated rings. The van der Waals surface area contributed by atoms with Gasteiger partial charge in [0.2, 0.25) is 0 Å². The van der Waals surface area contributed by atoms with Crippen LogP contribution in [-0.2, 0) is 19.4 Å². The topological polar surface area (TPSA) is 82.2 Å². The van der Waals surface area contributed by atoms with Gasteiger partial charge in [-0.3, -0.25) is 9.36 Å². The summed E-state index contributed by atoms with van der Waals surface area (Å²) in [6, 6.07) is 9.44. The molecule has 0 unspecified atom stereocenters. The van der Waals surface area contributed by atoms with Gasteiger partial charge in [0.25, 0.3) is 5.56 Å². The van der Waals surface area contributed by atoms with Crippen LogP contribution in [0.15, 0.2) is 46.0 Å². The number of benzene rings is 1. The summed E-state index contributed by atoms with van der Waals surface area (Å²) in [7, 11) is 1.63. The quantitative estimate of drug-likeness (QED) is 0.769. The maximum atomic E-state index is 12.7. The lowest BCUT2D eigenvalue weighted by atomic mass is 10.1. The molecule has 0 radical (unpaired) electrons. The molecule has 1 aliphatic heterocycles. The van der Waals surface area contributed by atoms with Gasteiger partial charge in [-0.25, -0.2) is 4.98 Å². The standard InChI is InChI=1S/C19H20N4O3/c1-25-14-4-2-13(3-5-14)18-10-15(26-22-18)11-23-12-21-17-7-9-20-8-6-16(17)19(23)24/h2-5,10,12,20H,6-9,11H2,1H3. The lowest BCUT2D eigenvalue weighted by molar-refractivity contribution is 0.376. The maximum Gasteiger partial charge on any atom is 0.257 e. The van der Waals surface area contributed by atoms with Gasteiger partial charge in [0.1, 0.15) is 11.4 Å². The van der Waals surface area contributed by atoms with E-state index in [1.165, 1.54) is 0 Å². The van der Waals surface area contributed by atoms with Crippen LogP contribution in [0.4, 0.5) is 0 Å². The number of nitrogens with one attached hydrogen (secondary N) is 1. The number of aromatic nitrogens is 3. The van der Waals surface area contributed by atoms with Crippen LogP contribution < -0.4 is 15.6 Å². The van der Waals surface area contributed by atoms with Crippen molar-refractivity contribution in [3.63, 3.8) is 0 Å². The van der Waals surface area contributed by atoms with E-state index < -0.39 is 0 Å². The van der Waals surface area contributed by atoms with Gasteiger partial charge in [-0.1, -0.05) is 5.16 Å². The van der Waals surface area contributed by atoms with E-state index >= 15 is 0 Å². The average Bonchev–Trinajstić information content (AvgIpc) is 3.00. The van der Waals surface area contributed by atoms with Gasteiger partial charge >= 0.3 is 0 Å². The summed E-state index contributed by atoms with van der Waals surface area (Å²) in [6.07, 6.45) is 3.09. The Labute approximate surface area is 150 Å².